The van der Waals surface area contributed by atoms with Gasteiger partial charge in [-0.3, -0.25) is 0 Å². The predicted octanol–water partition coefficient (Wildman–Crippen LogP) is 1.37. The molecule has 0 N–H and O–H groups in total. The third kappa shape index (κ3) is 17.6. The molecule has 0 bridgehead atoms. The molecule has 0 atom stereocenters. The number of hydrogen-bond acceptors (Lipinski definition) is 5. The summed E-state index contributed by atoms with van der Waals surface area (Å²) < 4.78 is 11.1. The number of aliphatic carboxylic acids is 1. The van der Waals surface area contributed by atoms with E-state index in [1.807, 2.05) is 6.92 Å². The molecule has 0 rings (SSSR count). The van der Waals surface area contributed by atoms with Crippen LogP contribution < -0.4 is 5.11 Å². The van der Waals surface area contributed by atoms with Gasteiger partial charge in [-0.05, 0) is 6.92 Å². The van der Waals surface area contributed by atoms with Crippen molar-refractivity contribution in [1.29, 1.82) is 0 Å². The molecule has 0 aliphatic heterocycles. The van der Waals surface area contributed by atoms with E-state index in [-0.39, 0.29) is 19.9 Å². The Morgan fingerprint density at radius 2 is 1.45 bits per heavy atom. The van der Waals surface area contributed by atoms with Gasteiger partial charge in [-0.1, -0.05) is 0 Å². The summed E-state index contributed by atoms with van der Waals surface area (Å²) in [6.07, 6.45) is 3.55. The number of ether oxygens (including phenoxy) is 2. The van der Waals surface area contributed by atoms with E-state index in [1.54, 1.807) is 0 Å². The summed E-state index contributed by atoms with van der Waals surface area (Å²) in [6, 6.07) is 0. The van der Waals surface area contributed by atoms with Crippen molar-refractivity contribution >= 4 is 25.8 Å². The molecule has 0 heterocycles. The van der Waals surface area contributed by atoms with Gasteiger partial charge in [0.2, 0.25) is 0 Å². The summed E-state index contributed by atoms with van der Waals surface area (Å²) in [6.45, 7) is 8.47. The van der Waals surface area contributed by atoms with Crippen molar-refractivity contribution in [2.45, 2.75) is 65.0 Å². The van der Waals surface area contributed by atoms with Gasteiger partial charge in [-0.2, -0.15) is 0 Å². The number of carboxylic acid groups (broad SMARTS) is 1. The van der Waals surface area contributed by atoms with Crippen LogP contribution >= 0.6 is 0 Å². The van der Waals surface area contributed by atoms with Gasteiger partial charge in [0.05, 0.1) is 0 Å². The van der Waals surface area contributed by atoms with Crippen LogP contribution in [0.15, 0.2) is 0 Å². The van der Waals surface area contributed by atoms with Crippen molar-refractivity contribution in [3.8, 4) is 0 Å². The van der Waals surface area contributed by atoms with E-state index < -0.39 is 12.3 Å². The average molecular weight is 302 g/mol. The van der Waals surface area contributed by atoms with Gasteiger partial charge < -0.3 is 9.90 Å². The summed E-state index contributed by atoms with van der Waals surface area (Å²) in [7, 11) is 0. The van der Waals surface area contributed by atoms with Crippen LogP contribution in [-0.4, -0.2) is 45.3 Å². The number of hydrogen-bond donors (Lipinski definition) is 0. The number of carbonyl (C=O) groups excluding carboxylic acids is 2. The molecule has 0 aromatic carbocycles. The van der Waals surface area contributed by atoms with Crippen molar-refractivity contribution in [3.63, 3.8) is 0 Å². The first-order valence-electron chi connectivity index (χ1n) is 7.27. The number of carboxylic acids is 1. The zero-order valence-corrected chi connectivity index (χ0v) is 14.3. The first kappa shape index (κ1) is 21.9. The second-order valence-corrected chi connectivity index (χ2v) is 6.08. The van der Waals surface area contributed by atoms with E-state index in [4.69, 9.17) is 19.4 Å². The molecule has 0 fully saturated rings. The first-order chi connectivity index (χ1) is 9.49. The Hall–Kier alpha value is -0.408. The molecule has 0 amide bonds. The summed E-state index contributed by atoms with van der Waals surface area (Å²) in [5.74, 6) is -1.08. The maximum atomic E-state index is 11.7. The third-order valence-electron chi connectivity index (χ3n) is 2.17. The van der Waals surface area contributed by atoms with E-state index in [0.717, 1.165) is 37.9 Å². The molecule has 0 radical (unpaired) electrons. The Bertz CT molecular complexity index is 232. The zero-order chi connectivity index (χ0) is 15.8. The van der Waals surface area contributed by atoms with Crippen molar-refractivity contribution in [2.75, 3.05) is 13.2 Å². The molecule has 116 valence electrons. The molecule has 0 unspecified atom stereocenters. The Kier molecular flexibility index (Phi) is 18.2. The van der Waals surface area contributed by atoms with Crippen LogP contribution in [-0.2, 0) is 19.1 Å². The van der Waals surface area contributed by atoms with Crippen LogP contribution in [0.1, 0.15) is 53.4 Å². The standard InChI is InChI=1S/C10H19O3.C2H4O2.C2H5.Al/c1-3-5-7-12-10(9-11)13-8-6-4-2;1-2(3)4;1-2;/h10H,3-8H2,1-2H3;1H3,(H,3,4);1H2,2H3;/q;;;+1/p-1. The predicted molar refractivity (Wildman–Crippen MR) is 77.4 cm³/mol. The molecule has 0 aromatic heterocycles. The van der Waals surface area contributed by atoms with Gasteiger partial charge in [0.15, 0.2) is 0 Å². The Morgan fingerprint density at radius 3 is 1.75 bits per heavy atom. The summed E-state index contributed by atoms with van der Waals surface area (Å²) >= 11 is -0.177. The minimum absolute atomic E-state index is 0.162. The molecule has 0 aliphatic rings. The maximum absolute atomic E-state index is 11.7. The quantitative estimate of drug-likeness (QED) is 0.327. The molecular weight excluding hydrogens is 275 g/mol. The number of unbranched alkanes of at least 4 members (excludes halogenated alkanes) is 2. The summed E-state index contributed by atoms with van der Waals surface area (Å²) in [4.78, 5) is 20.6. The SMILES string of the molecule is CC(=O)[O-].CCCCOC(OCCCC)[C](=O)[Al+][CH2]C. The van der Waals surface area contributed by atoms with Gasteiger partial charge in [0.25, 0.3) is 0 Å². The van der Waals surface area contributed by atoms with Crippen molar-refractivity contribution in [1.82, 2.24) is 0 Å². The van der Waals surface area contributed by atoms with Crippen LogP contribution in [0.5, 0.6) is 0 Å². The van der Waals surface area contributed by atoms with Gasteiger partial charge >= 0.3 is 105 Å². The second-order valence-electron chi connectivity index (χ2n) is 4.29. The molecule has 0 spiro atoms. The van der Waals surface area contributed by atoms with Gasteiger partial charge in [0, 0.05) is 5.97 Å². The Balaban J connectivity index is 0. The van der Waals surface area contributed by atoms with Gasteiger partial charge in [-0.15, -0.1) is 0 Å². The van der Waals surface area contributed by atoms with Crippen molar-refractivity contribution in [2.24, 2.45) is 0 Å². The van der Waals surface area contributed by atoms with Crippen molar-refractivity contribution < 1.29 is 24.2 Å². The van der Waals surface area contributed by atoms with E-state index in [0.29, 0.717) is 13.2 Å². The molecule has 0 saturated heterocycles. The van der Waals surface area contributed by atoms with Crippen LogP contribution in [0.4, 0.5) is 0 Å². The van der Waals surface area contributed by atoms with E-state index in [1.165, 1.54) is 0 Å². The molecule has 0 aliphatic carbocycles. The fraction of sp³-hybridized carbons (Fsp3) is 0.857. The van der Waals surface area contributed by atoms with E-state index >= 15 is 0 Å². The first-order valence-corrected chi connectivity index (χ1v) is 8.66. The molecule has 6 heteroatoms. The molecule has 20 heavy (non-hydrogen) atoms. The minimum atomic E-state index is -1.08. The molecular formula is C14H27AlO5. The van der Waals surface area contributed by atoms with Crippen LogP contribution in [0, 0.1) is 0 Å². The van der Waals surface area contributed by atoms with Gasteiger partial charge in [0.1, 0.15) is 0 Å². The number of rotatable bonds is 11. The Labute approximate surface area is 128 Å². The fourth-order valence-corrected chi connectivity index (χ4v) is 1.97. The fourth-order valence-electron chi connectivity index (χ4n) is 1.18. The van der Waals surface area contributed by atoms with E-state index in [9.17, 15) is 4.79 Å². The van der Waals surface area contributed by atoms with Crippen LogP contribution in [0.2, 0.25) is 5.28 Å². The zero-order valence-electron chi connectivity index (χ0n) is 13.1. The topological polar surface area (TPSA) is 75.7 Å². The number of carbonyl (C=O) groups is 2. The van der Waals surface area contributed by atoms with Crippen molar-refractivity contribution in [3.05, 3.63) is 0 Å². The monoisotopic (exact) mass is 302 g/mol. The molecule has 0 saturated carbocycles. The van der Waals surface area contributed by atoms with Gasteiger partial charge in [-0.25, -0.2) is 0 Å². The summed E-state index contributed by atoms with van der Waals surface area (Å²) in [5.41, 5.74) is 0. The molecule has 0 aromatic rings. The van der Waals surface area contributed by atoms with Crippen LogP contribution in [0.3, 0.4) is 0 Å². The normalized spacial score (nSPS) is 9.65. The van der Waals surface area contributed by atoms with Crippen LogP contribution in [0.25, 0.3) is 0 Å². The van der Waals surface area contributed by atoms with E-state index in [2.05, 4.69) is 13.8 Å². The third-order valence-corrected chi connectivity index (χ3v) is 3.25. The summed E-state index contributed by atoms with van der Waals surface area (Å²) in [5, 5.41) is 9.82. The Morgan fingerprint density at radius 1 is 1.05 bits per heavy atom. The average Bonchev–Trinajstić information content (AvgIpc) is 2.37. The second kappa shape index (κ2) is 16.6. The molecule has 5 nitrogen and oxygen atoms in total.